The van der Waals surface area contributed by atoms with Crippen LogP contribution in [-0.2, 0) is 20.7 Å². The molecule has 0 bridgehead atoms. The first-order chi connectivity index (χ1) is 18.8. The summed E-state index contributed by atoms with van der Waals surface area (Å²) in [5, 5.41) is 3.64. The molecule has 1 saturated carbocycles. The van der Waals surface area contributed by atoms with Gasteiger partial charge in [-0.05, 0) is 74.8 Å². The first-order valence-electron chi connectivity index (χ1n) is 13.7. The molecule has 2 aromatic carbocycles. The Kier molecular flexibility index (Phi) is 9.45. The van der Waals surface area contributed by atoms with Gasteiger partial charge in [-0.2, -0.15) is 0 Å². The summed E-state index contributed by atoms with van der Waals surface area (Å²) in [4.78, 5) is 41.0. The van der Waals surface area contributed by atoms with Crippen LogP contribution in [0.2, 0.25) is 0 Å². The van der Waals surface area contributed by atoms with Crippen molar-refractivity contribution in [3.63, 3.8) is 0 Å². The number of hydrogen-bond donors (Lipinski definition) is 2. The molecule has 210 valence electrons. The molecule has 2 aromatic rings. The Balaban J connectivity index is 1.39. The number of esters is 1. The number of nitrogens with one attached hydrogen (secondary N) is 1. The van der Waals surface area contributed by atoms with E-state index >= 15 is 0 Å². The second kappa shape index (κ2) is 13.0. The van der Waals surface area contributed by atoms with E-state index < -0.39 is 6.03 Å². The topological polar surface area (TPSA) is 114 Å². The number of primary amides is 1. The molecule has 0 radical (unpaired) electrons. The van der Waals surface area contributed by atoms with Crippen LogP contribution in [0.1, 0.15) is 49.7 Å². The van der Waals surface area contributed by atoms with E-state index in [1.54, 1.807) is 13.2 Å². The second-order valence-corrected chi connectivity index (χ2v) is 10.5. The Hall–Kier alpha value is -3.59. The lowest BCUT2D eigenvalue weighted by Crippen LogP contribution is -2.45. The van der Waals surface area contributed by atoms with Crippen LogP contribution >= 0.6 is 0 Å². The van der Waals surface area contributed by atoms with E-state index in [2.05, 4.69) is 5.32 Å². The molecule has 0 aromatic heterocycles. The van der Waals surface area contributed by atoms with Gasteiger partial charge in [-0.25, -0.2) is 4.79 Å². The molecule has 3 amide bonds. The minimum absolute atomic E-state index is 0.00718. The van der Waals surface area contributed by atoms with E-state index in [1.807, 2.05) is 48.2 Å². The predicted molar refractivity (Wildman–Crippen MR) is 150 cm³/mol. The fourth-order valence-corrected chi connectivity index (χ4v) is 5.85. The number of carbonyl (C=O) groups excluding carboxylic acids is 3. The van der Waals surface area contributed by atoms with Gasteiger partial charge in [-0.15, -0.1) is 0 Å². The van der Waals surface area contributed by atoms with Gasteiger partial charge in [0.15, 0.2) is 0 Å². The number of rotatable bonds is 9. The molecule has 2 aliphatic rings. The van der Waals surface area contributed by atoms with E-state index in [9.17, 15) is 14.4 Å². The van der Waals surface area contributed by atoms with E-state index in [1.165, 1.54) is 12.0 Å². The third kappa shape index (κ3) is 6.71. The van der Waals surface area contributed by atoms with Crippen molar-refractivity contribution in [3.05, 3.63) is 53.6 Å². The van der Waals surface area contributed by atoms with Gasteiger partial charge in [0.2, 0.25) is 5.91 Å². The standard InChI is InChI=1S/C30H40N4O5/c1-20-7-4-5-9-25(20)34(30(31)37)26-15-10-21(17-27(26)38-2)18-28(35)33-16-6-8-24(33)19-32-23-13-11-22(12-14-23)29(36)39-3/h4-5,7,9-10,15,17,22-24,32H,6,8,11-14,16,18-19H2,1-3H3,(H2,31,37)/t22-,23+,24?. The molecule has 2 fully saturated rings. The maximum atomic E-state index is 13.3. The Labute approximate surface area is 230 Å². The maximum absolute atomic E-state index is 13.3. The first kappa shape index (κ1) is 28.4. The molecular weight excluding hydrogens is 496 g/mol. The third-order valence-corrected chi connectivity index (χ3v) is 8.02. The lowest BCUT2D eigenvalue weighted by atomic mass is 9.86. The van der Waals surface area contributed by atoms with Crippen molar-refractivity contribution >= 4 is 29.3 Å². The number of ether oxygens (including phenoxy) is 2. The highest BCUT2D eigenvalue weighted by Crippen LogP contribution is 2.36. The van der Waals surface area contributed by atoms with Crippen molar-refractivity contribution in [2.75, 3.05) is 32.2 Å². The number of urea groups is 1. The van der Waals surface area contributed by atoms with Crippen molar-refractivity contribution in [1.82, 2.24) is 10.2 Å². The van der Waals surface area contributed by atoms with Crippen molar-refractivity contribution in [3.8, 4) is 5.75 Å². The number of likely N-dealkylation sites (tertiary alicyclic amines) is 1. The van der Waals surface area contributed by atoms with Gasteiger partial charge in [0.25, 0.3) is 0 Å². The molecule has 9 nitrogen and oxygen atoms in total. The number of nitrogens with two attached hydrogens (primary N) is 1. The SMILES string of the molecule is COc1cc(CC(=O)N2CCCC2CN[C@H]2CC[C@@H](C(=O)OC)CC2)ccc1N(C(N)=O)c1ccccc1C. The van der Waals surface area contributed by atoms with Crippen LogP contribution in [0, 0.1) is 12.8 Å². The Morgan fingerprint density at radius 3 is 2.44 bits per heavy atom. The van der Waals surface area contributed by atoms with Crippen molar-refractivity contribution in [2.24, 2.45) is 11.7 Å². The number of amides is 3. The zero-order valence-corrected chi connectivity index (χ0v) is 23.2. The summed E-state index contributed by atoms with van der Waals surface area (Å²) in [6.45, 7) is 3.42. The lowest BCUT2D eigenvalue weighted by molar-refractivity contribution is -0.146. The number of aryl methyl sites for hydroxylation is 1. The molecule has 0 spiro atoms. The number of methoxy groups -OCH3 is 2. The van der Waals surface area contributed by atoms with Crippen LogP contribution in [-0.4, -0.2) is 62.2 Å². The van der Waals surface area contributed by atoms with Crippen LogP contribution in [0.3, 0.4) is 0 Å². The molecule has 1 atom stereocenters. The van der Waals surface area contributed by atoms with E-state index in [0.717, 1.165) is 62.7 Å². The average molecular weight is 537 g/mol. The van der Waals surface area contributed by atoms with E-state index in [4.69, 9.17) is 15.2 Å². The number of anilines is 2. The molecule has 3 N–H and O–H groups in total. The fraction of sp³-hybridized carbons (Fsp3) is 0.500. The smallest absolute Gasteiger partial charge is 0.324 e. The minimum Gasteiger partial charge on any atom is -0.495 e. The van der Waals surface area contributed by atoms with Crippen molar-refractivity contribution in [1.29, 1.82) is 0 Å². The summed E-state index contributed by atoms with van der Waals surface area (Å²) in [6, 6.07) is 12.9. The van der Waals surface area contributed by atoms with Crippen LogP contribution in [0.5, 0.6) is 5.75 Å². The van der Waals surface area contributed by atoms with Gasteiger partial charge in [0.05, 0.1) is 37.9 Å². The van der Waals surface area contributed by atoms with Gasteiger partial charge < -0.3 is 25.4 Å². The highest BCUT2D eigenvalue weighted by molar-refractivity contribution is 6.00. The number of hydrogen-bond acceptors (Lipinski definition) is 6. The molecule has 9 heteroatoms. The average Bonchev–Trinajstić information content (AvgIpc) is 3.42. The molecule has 39 heavy (non-hydrogen) atoms. The number of benzene rings is 2. The Morgan fingerprint density at radius 2 is 1.77 bits per heavy atom. The summed E-state index contributed by atoms with van der Waals surface area (Å²) in [5.74, 6) is 0.453. The lowest BCUT2D eigenvalue weighted by Gasteiger charge is -2.31. The quantitative estimate of drug-likeness (QED) is 0.467. The fourth-order valence-electron chi connectivity index (χ4n) is 5.85. The largest absolute Gasteiger partial charge is 0.495 e. The molecule has 1 aliphatic heterocycles. The summed E-state index contributed by atoms with van der Waals surface area (Å²) in [5.41, 5.74) is 8.69. The van der Waals surface area contributed by atoms with Gasteiger partial charge in [0, 0.05) is 25.2 Å². The zero-order valence-electron chi connectivity index (χ0n) is 23.2. The Bertz CT molecular complexity index is 1180. The van der Waals surface area contributed by atoms with Gasteiger partial charge in [-0.3, -0.25) is 14.5 Å². The van der Waals surface area contributed by atoms with Crippen LogP contribution in [0.25, 0.3) is 0 Å². The summed E-state index contributed by atoms with van der Waals surface area (Å²) >= 11 is 0. The van der Waals surface area contributed by atoms with E-state index in [-0.39, 0.29) is 30.3 Å². The van der Waals surface area contributed by atoms with Gasteiger partial charge >= 0.3 is 12.0 Å². The van der Waals surface area contributed by atoms with Crippen LogP contribution in [0.15, 0.2) is 42.5 Å². The second-order valence-electron chi connectivity index (χ2n) is 10.5. The summed E-state index contributed by atoms with van der Waals surface area (Å²) in [7, 11) is 2.99. The van der Waals surface area contributed by atoms with Gasteiger partial charge in [0.1, 0.15) is 5.75 Å². The molecule has 1 aliphatic carbocycles. The molecule has 1 heterocycles. The number of para-hydroxylation sites is 1. The summed E-state index contributed by atoms with van der Waals surface area (Å²) in [6.07, 6.45) is 5.77. The molecule has 4 rings (SSSR count). The van der Waals surface area contributed by atoms with Crippen molar-refractivity contribution in [2.45, 2.75) is 64.0 Å². The molecule has 1 saturated heterocycles. The van der Waals surface area contributed by atoms with Gasteiger partial charge in [-0.1, -0.05) is 24.3 Å². The number of carbonyl (C=O) groups is 3. The maximum Gasteiger partial charge on any atom is 0.324 e. The highest BCUT2D eigenvalue weighted by Gasteiger charge is 2.31. The normalized spacial score (nSPS) is 20.9. The van der Waals surface area contributed by atoms with Crippen LogP contribution < -0.4 is 20.7 Å². The zero-order chi connectivity index (χ0) is 27.9. The van der Waals surface area contributed by atoms with E-state index in [0.29, 0.717) is 23.2 Å². The molecular formula is C30H40N4O5. The number of nitrogens with zero attached hydrogens (tertiary/aromatic N) is 2. The van der Waals surface area contributed by atoms with Crippen LogP contribution in [0.4, 0.5) is 16.2 Å². The monoisotopic (exact) mass is 536 g/mol. The molecule has 1 unspecified atom stereocenters. The Morgan fingerprint density at radius 1 is 1.03 bits per heavy atom. The predicted octanol–water partition coefficient (Wildman–Crippen LogP) is 4.08. The highest BCUT2D eigenvalue weighted by atomic mass is 16.5. The summed E-state index contributed by atoms with van der Waals surface area (Å²) < 4.78 is 10.5. The minimum atomic E-state index is -0.613. The third-order valence-electron chi connectivity index (χ3n) is 8.02. The van der Waals surface area contributed by atoms with Crippen molar-refractivity contribution < 1.29 is 23.9 Å². The first-order valence-corrected chi connectivity index (χ1v) is 13.7.